The van der Waals surface area contributed by atoms with Crippen LogP contribution in [-0.4, -0.2) is 40.3 Å². The first-order chi connectivity index (χ1) is 14.0. The van der Waals surface area contributed by atoms with Crippen LogP contribution in [0.5, 0.6) is 0 Å². The summed E-state index contributed by atoms with van der Waals surface area (Å²) in [7, 11) is -0.690. The van der Waals surface area contributed by atoms with Crippen LogP contribution in [0.4, 0.5) is 19.0 Å². The number of fused-ring (bicyclic) bond motifs is 1. The molecule has 0 unspecified atom stereocenters. The zero-order valence-corrected chi connectivity index (χ0v) is 17.5. The van der Waals surface area contributed by atoms with Crippen LogP contribution in [0, 0.1) is 0 Å². The molecule has 12 heteroatoms. The van der Waals surface area contributed by atoms with Crippen molar-refractivity contribution in [1.29, 1.82) is 0 Å². The zero-order valence-electron chi connectivity index (χ0n) is 16.7. The first-order valence-corrected chi connectivity index (χ1v) is 10.7. The Bertz CT molecular complexity index is 1290. The van der Waals surface area contributed by atoms with Gasteiger partial charge in [-0.15, -0.1) is 0 Å². The second kappa shape index (κ2) is 7.42. The number of nitrogens with zero attached hydrogens (tertiary/aromatic N) is 4. The summed E-state index contributed by atoms with van der Waals surface area (Å²) in [4.78, 5) is 21.1. The van der Waals surface area contributed by atoms with Gasteiger partial charge in [-0.25, -0.2) is 18.4 Å². The molecule has 162 valence electrons. The molecule has 0 radical (unpaired) electrons. The molecule has 0 aliphatic carbocycles. The van der Waals surface area contributed by atoms with Gasteiger partial charge in [-0.2, -0.15) is 13.2 Å². The molecule has 0 aliphatic rings. The number of hydrogen-bond donors (Lipinski definition) is 1. The number of aryl methyl sites for hydroxylation is 1. The summed E-state index contributed by atoms with van der Waals surface area (Å²) < 4.78 is 67.4. The molecule has 30 heavy (non-hydrogen) atoms. The Labute approximate surface area is 170 Å². The SMILES string of the molecule is CCn1c(C(F)(F)F)cc2nc(-c3nc(NC)ccc3S(=O)(=O)CC)n(C)c2c1=O. The molecule has 1 N–H and O–H groups in total. The lowest BCUT2D eigenvalue weighted by atomic mass is 10.3. The number of nitrogens with one attached hydrogen (secondary N) is 1. The van der Waals surface area contributed by atoms with E-state index in [1.807, 2.05) is 0 Å². The van der Waals surface area contributed by atoms with Gasteiger partial charge in [0, 0.05) is 20.6 Å². The number of imidazole rings is 1. The number of halogens is 3. The maximum Gasteiger partial charge on any atom is 0.431 e. The number of aromatic nitrogens is 4. The number of sulfone groups is 1. The third-order valence-corrected chi connectivity index (χ3v) is 6.54. The smallest absolute Gasteiger partial charge is 0.373 e. The van der Waals surface area contributed by atoms with Gasteiger partial charge in [-0.05, 0) is 25.1 Å². The molecular formula is C18H20F3N5O3S. The molecule has 0 aliphatic heterocycles. The van der Waals surface area contributed by atoms with E-state index in [1.165, 1.54) is 37.6 Å². The fraction of sp³-hybridized carbons (Fsp3) is 0.389. The van der Waals surface area contributed by atoms with Crippen molar-refractivity contribution in [3.8, 4) is 11.5 Å². The minimum absolute atomic E-state index is 0.0202. The van der Waals surface area contributed by atoms with Crippen molar-refractivity contribution in [3.63, 3.8) is 0 Å². The molecule has 0 fully saturated rings. The Morgan fingerprint density at radius 2 is 1.83 bits per heavy atom. The van der Waals surface area contributed by atoms with Crippen molar-refractivity contribution in [1.82, 2.24) is 19.1 Å². The van der Waals surface area contributed by atoms with Crippen LogP contribution in [0.1, 0.15) is 19.5 Å². The molecule has 0 bridgehead atoms. The summed E-state index contributed by atoms with van der Waals surface area (Å²) in [5, 5.41) is 2.79. The molecule has 3 aromatic heterocycles. The summed E-state index contributed by atoms with van der Waals surface area (Å²) in [5.41, 5.74) is -2.29. The second-order valence-electron chi connectivity index (χ2n) is 6.50. The number of rotatable bonds is 5. The lowest BCUT2D eigenvalue weighted by Crippen LogP contribution is -2.28. The van der Waals surface area contributed by atoms with Crippen molar-refractivity contribution in [3.05, 3.63) is 34.2 Å². The molecular weight excluding hydrogens is 423 g/mol. The van der Waals surface area contributed by atoms with Gasteiger partial charge in [0.2, 0.25) is 0 Å². The molecule has 3 rings (SSSR count). The fourth-order valence-electron chi connectivity index (χ4n) is 3.23. The number of hydrogen-bond acceptors (Lipinski definition) is 6. The van der Waals surface area contributed by atoms with E-state index < -0.39 is 27.3 Å². The van der Waals surface area contributed by atoms with Gasteiger partial charge in [0.1, 0.15) is 22.7 Å². The van der Waals surface area contributed by atoms with E-state index in [-0.39, 0.29) is 39.7 Å². The van der Waals surface area contributed by atoms with Gasteiger partial charge < -0.3 is 14.5 Å². The van der Waals surface area contributed by atoms with Crippen molar-refractivity contribution < 1.29 is 21.6 Å². The summed E-state index contributed by atoms with van der Waals surface area (Å²) in [6.07, 6.45) is -4.75. The topological polar surface area (TPSA) is 98.9 Å². The van der Waals surface area contributed by atoms with Crippen LogP contribution in [0.15, 0.2) is 27.9 Å². The van der Waals surface area contributed by atoms with Crippen molar-refractivity contribution in [2.45, 2.75) is 31.5 Å². The highest BCUT2D eigenvalue weighted by atomic mass is 32.2. The predicted molar refractivity (Wildman–Crippen MR) is 106 cm³/mol. The van der Waals surface area contributed by atoms with Gasteiger partial charge in [-0.1, -0.05) is 6.92 Å². The van der Waals surface area contributed by atoms with Crippen LogP contribution in [0.3, 0.4) is 0 Å². The molecule has 0 saturated carbocycles. The zero-order chi connectivity index (χ0) is 22.4. The van der Waals surface area contributed by atoms with Crippen molar-refractivity contribution in [2.75, 3.05) is 18.1 Å². The molecule has 0 amide bonds. The molecule has 8 nitrogen and oxygen atoms in total. The quantitative estimate of drug-likeness (QED) is 0.651. The highest BCUT2D eigenvalue weighted by Gasteiger charge is 2.36. The average Bonchev–Trinajstić information content (AvgIpc) is 3.03. The van der Waals surface area contributed by atoms with Gasteiger partial charge in [0.25, 0.3) is 5.56 Å². The minimum atomic E-state index is -4.75. The van der Waals surface area contributed by atoms with Gasteiger partial charge in [0.05, 0.1) is 16.2 Å². The summed E-state index contributed by atoms with van der Waals surface area (Å²) in [6, 6.07) is 3.62. The van der Waals surface area contributed by atoms with Gasteiger partial charge in [-0.3, -0.25) is 4.79 Å². The highest BCUT2D eigenvalue weighted by molar-refractivity contribution is 7.91. The lowest BCUT2D eigenvalue weighted by molar-refractivity contribution is -0.144. The van der Waals surface area contributed by atoms with Crippen LogP contribution < -0.4 is 10.9 Å². The molecule has 3 aromatic rings. The van der Waals surface area contributed by atoms with Crippen LogP contribution in [0.25, 0.3) is 22.6 Å². The van der Waals surface area contributed by atoms with E-state index in [0.717, 1.165) is 6.07 Å². The largest absolute Gasteiger partial charge is 0.431 e. The van der Waals surface area contributed by atoms with Crippen LogP contribution in [0.2, 0.25) is 0 Å². The lowest BCUT2D eigenvalue weighted by Gasteiger charge is -2.14. The Kier molecular flexibility index (Phi) is 5.39. The Morgan fingerprint density at radius 3 is 2.37 bits per heavy atom. The standard InChI is InChI=1S/C18H20F3N5O3S/c1-5-26-12(18(19,20)21)9-10-15(17(26)27)25(4)16(23-10)14-11(30(28,29)6-2)7-8-13(22-3)24-14/h7-9H,5-6H2,1-4H3,(H,22,24). The number of anilines is 1. The van der Waals surface area contributed by atoms with E-state index in [2.05, 4.69) is 15.3 Å². The monoisotopic (exact) mass is 443 g/mol. The molecule has 0 aromatic carbocycles. The number of alkyl halides is 3. The Morgan fingerprint density at radius 1 is 1.17 bits per heavy atom. The van der Waals surface area contributed by atoms with E-state index in [0.29, 0.717) is 10.4 Å². The van der Waals surface area contributed by atoms with E-state index in [1.54, 1.807) is 7.05 Å². The predicted octanol–water partition coefficient (Wildman–Crippen LogP) is 2.67. The normalized spacial score (nSPS) is 12.5. The van der Waals surface area contributed by atoms with Crippen LogP contribution in [-0.2, 0) is 29.6 Å². The molecule has 0 saturated heterocycles. The van der Waals surface area contributed by atoms with Gasteiger partial charge in [0.15, 0.2) is 15.7 Å². The molecule has 0 atom stereocenters. The third kappa shape index (κ3) is 3.44. The first-order valence-electron chi connectivity index (χ1n) is 9.05. The summed E-state index contributed by atoms with van der Waals surface area (Å²) in [6.45, 7) is 2.71. The second-order valence-corrected chi connectivity index (χ2v) is 8.75. The number of pyridine rings is 2. The Hall–Kier alpha value is -2.89. The highest BCUT2D eigenvalue weighted by Crippen LogP contribution is 2.33. The van der Waals surface area contributed by atoms with E-state index in [4.69, 9.17) is 0 Å². The van der Waals surface area contributed by atoms with Crippen molar-refractivity contribution in [2.24, 2.45) is 7.05 Å². The summed E-state index contributed by atoms with van der Waals surface area (Å²) >= 11 is 0. The first kappa shape index (κ1) is 21.8. The van der Waals surface area contributed by atoms with E-state index >= 15 is 0 Å². The van der Waals surface area contributed by atoms with Crippen molar-refractivity contribution >= 4 is 26.7 Å². The molecule has 3 heterocycles. The average molecular weight is 443 g/mol. The summed E-state index contributed by atoms with van der Waals surface area (Å²) in [5.74, 6) is 0.119. The fourth-order valence-corrected chi connectivity index (χ4v) is 4.25. The van der Waals surface area contributed by atoms with E-state index in [9.17, 15) is 26.4 Å². The maximum absolute atomic E-state index is 13.4. The third-order valence-electron chi connectivity index (χ3n) is 4.78. The Balaban J connectivity index is 2.44. The molecule has 0 spiro atoms. The minimum Gasteiger partial charge on any atom is -0.373 e. The van der Waals surface area contributed by atoms with Crippen LogP contribution >= 0.6 is 0 Å². The maximum atomic E-state index is 13.4. The van der Waals surface area contributed by atoms with Gasteiger partial charge >= 0.3 is 6.18 Å².